The standard InChI is InChI=1S/C17H21FN4O4S/c1-3-22-16(8-9-19-22)21-10-4-5-14(17(21)23)20-27(24,25)12-6-7-15(26-2)13(18)11-12/h6-9,11,14,20H,3-5,10H2,1-2H3. The molecular weight excluding hydrogens is 375 g/mol. The fourth-order valence-electron chi connectivity index (χ4n) is 3.08. The van der Waals surface area contributed by atoms with Crippen LogP contribution in [0.1, 0.15) is 19.8 Å². The number of hydrogen-bond donors (Lipinski definition) is 1. The number of rotatable bonds is 6. The van der Waals surface area contributed by atoms with Crippen molar-refractivity contribution in [2.45, 2.75) is 37.2 Å². The lowest BCUT2D eigenvalue weighted by Crippen LogP contribution is -2.52. The van der Waals surface area contributed by atoms with Gasteiger partial charge in [-0.2, -0.15) is 9.82 Å². The largest absolute Gasteiger partial charge is 0.494 e. The highest BCUT2D eigenvalue weighted by Gasteiger charge is 2.34. The number of amides is 1. The molecule has 0 bridgehead atoms. The predicted octanol–water partition coefficient (Wildman–Crippen LogP) is 1.52. The summed E-state index contributed by atoms with van der Waals surface area (Å²) in [6.45, 7) is 2.98. The summed E-state index contributed by atoms with van der Waals surface area (Å²) in [4.78, 5) is 14.1. The lowest BCUT2D eigenvalue weighted by atomic mass is 10.1. The van der Waals surface area contributed by atoms with Gasteiger partial charge < -0.3 is 4.74 Å². The Balaban J connectivity index is 1.82. The average molecular weight is 396 g/mol. The van der Waals surface area contributed by atoms with E-state index in [2.05, 4.69) is 9.82 Å². The van der Waals surface area contributed by atoms with E-state index < -0.39 is 21.9 Å². The Bertz CT molecular complexity index is 944. The van der Waals surface area contributed by atoms with Gasteiger partial charge in [0.1, 0.15) is 11.9 Å². The van der Waals surface area contributed by atoms with Gasteiger partial charge in [-0.3, -0.25) is 9.69 Å². The van der Waals surface area contributed by atoms with Crippen LogP contribution in [0.25, 0.3) is 0 Å². The third kappa shape index (κ3) is 3.81. The Morgan fingerprint density at radius 1 is 1.37 bits per heavy atom. The summed E-state index contributed by atoms with van der Waals surface area (Å²) < 4.78 is 48.0. The van der Waals surface area contributed by atoms with Crippen molar-refractivity contribution in [2.75, 3.05) is 18.6 Å². The van der Waals surface area contributed by atoms with Gasteiger partial charge in [0.15, 0.2) is 11.6 Å². The number of halogens is 1. The van der Waals surface area contributed by atoms with Gasteiger partial charge in [-0.1, -0.05) is 0 Å². The zero-order valence-electron chi connectivity index (χ0n) is 15.1. The molecule has 2 heterocycles. The van der Waals surface area contributed by atoms with Gasteiger partial charge in [-0.05, 0) is 38.0 Å². The molecule has 1 aromatic heterocycles. The quantitative estimate of drug-likeness (QED) is 0.799. The number of piperidine rings is 1. The minimum Gasteiger partial charge on any atom is -0.494 e. The van der Waals surface area contributed by atoms with Crippen LogP contribution in [0.3, 0.4) is 0 Å². The Hall–Kier alpha value is -2.46. The minimum atomic E-state index is -4.06. The Morgan fingerprint density at radius 3 is 2.81 bits per heavy atom. The van der Waals surface area contributed by atoms with Gasteiger partial charge in [0.05, 0.1) is 18.2 Å². The van der Waals surface area contributed by atoms with Crippen molar-refractivity contribution in [3.8, 4) is 5.75 Å². The summed E-state index contributed by atoms with van der Waals surface area (Å²) in [7, 11) is -2.77. The van der Waals surface area contributed by atoms with E-state index in [1.165, 1.54) is 24.1 Å². The van der Waals surface area contributed by atoms with Crippen molar-refractivity contribution in [3.05, 3.63) is 36.3 Å². The van der Waals surface area contributed by atoms with Crippen LogP contribution in [-0.4, -0.2) is 43.8 Å². The number of anilines is 1. The predicted molar refractivity (Wildman–Crippen MR) is 96.5 cm³/mol. The van der Waals surface area contributed by atoms with E-state index in [-0.39, 0.29) is 16.6 Å². The normalized spacial score (nSPS) is 18.0. The Labute approximate surface area is 157 Å². The zero-order chi connectivity index (χ0) is 19.6. The van der Waals surface area contributed by atoms with Gasteiger partial charge in [0, 0.05) is 19.2 Å². The highest BCUT2D eigenvalue weighted by atomic mass is 32.2. The molecule has 1 fully saturated rings. The number of methoxy groups -OCH3 is 1. The van der Waals surface area contributed by atoms with E-state index in [4.69, 9.17) is 4.74 Å². The topological polar surface area (TPSA) is 93.5 Å². The Kier molecular flexibility index (Phi) is 5.47. The monoisotopic (exact) mass is 396 g/mol. The number of benzene rings is 1. The maximum absolute atomic E-state index is 13.9. The van der Waals surface area contributed by atoms with Crippen LogP contribution in [-0.2, 0) is 21.4 Å². The molecule has 1 N–H and O–H groups in total. The SMILES string of the molecule is CCn1nccc1N1CCCC(NS(=O)(=O)c2ccc(OC)c(F)c2)C1=O. The number of sulfonamides is 1. The second-order valence-corrected chi connectivity index (χ2v) is 7.82. The molecule has 2 aromatic rings. The fourth-order valence-corrected chi connectivity index (χ4v) is 4.32. The summed E-state index contributed by atoms with van der Waals surface area (Å²) in [5.41, 5.74) is 0. The highest BCUT2D eigenvalue weighted by Crippen LogP contribution is 2.24. The van der Waals surface area contributed by atoms with Crippen molar-refractivity contribution in [3.63, 3.8) is 0 Å². The van der Waals surface area contributed by atoms with E-state index in [0.717, 1.165) is 6.07 Å². The minimum absolute atomic E-state index is 0.0540. The molecule has 0 saturated carbocycles. The van der Waals surface area contributed by atoms with Gasteiger partial charge in [-0.25, -0.2) is 17.5 Å². The molecule has 1 atom stereocenters. The number of hydrogen-bond acceptors (Lipinski definition) is 5. The lowest BCUT2D eigenvalue weighted by Gasteiger charge is -2.32. The maximum Gasteiger partial charge on any atom is 0.246 e. The maximum atomic E-state index is 13.9. The van der Waals surface area contributed by atoms with Crippen molar-refractivity contribution >= 4 is 21.7 Å². The molecule has 0 radical (unpaired) electrons. The molecule has 1 aliphatic rings. The number of ether oxygens (including phenoxy) is 1. The lowest BCUT2D eigenvalue weighted by molar-refractivity contribution is -0.121. The van der Waals surface area contributed by atoms with Crippen molar-refractivity contribution in [1.29, 1.82) is 0 Å². The van der Waals surface area contributed by atoms with Gasteiger partial charge >= 0.3 is 0 Å². The van der Waals surface area contributed by atoms with Crippen LogP contribution in [0.2, 0.25) is 0 Å². The van der Waals surface area contributed by atoms with Crippen LogP contribution in [0.15, 0.2) is 35.4 Å². The summed E-state index contributed by atoms with van der Waals surface area (Å²) in [6, 6.07) is 4.14. The van der Waals surface area contributed by atoms with Crippen LogP contribution in [0.4, 0.5) is 10.2 Å². The van der Waals surface area contributed by atoms with Crippen LogP contribution in [0.5, 0.6) is 5.75 Å². The van der Waals surface area contributed by atoms with E-state index in [1.807, 2.05) is 6.92 Å². The number of aryl methyl sites for hydroxylation is 1. The molecule has 10 heteroatoms. The molecule has 1 amide bonds. The molecular formula is C17H21FN4O4S. The van der Waals surface area contributed by atoms with Crippen molar-refractivity contribution < 1.29 is 22.3 Å². The first kappa shape index (κ1) is 19.3. The van der Waals surface area contributed by atoms with Crippen molar-refractivity contribution in [2.24, 2.45) is 0 Å². The summed E-state index contributed by atoms with van der Waals surface area (Å²) in [6.07, 6.45) is 2.60. The second-order valence-electron chi connectivity index (χ2n) is 6.11. The molecule has 1 saturated heterocycles. The first-order chi connectivity index (χ1) is 12.9. The molecule has 1 aromatic carbocycles. The number of carbonyl (C=O) groups excluding carboxylic acids is 1. The molecule has 1 aliphatic heterocycles. The summed E-state index contributed by atoms with van der Waals surface area (Å²) in [5.74, 6) is -0.568. The van der Waals surface area contributed by atoms with Crippen molar-refractivity contribution in [1.82, 2.24) is 14.5 Å². The number of nitrogens with zero attached hydrogens (tertiary/aromatic N) is 3. The van der Waals surface area contributed by atoms with E-state index in [9.17, 15) is 17.6 Å². The molecule has 0 aliphatic carbocycles. The van der Waals surface area contributed by atoms with Gasteiger partial charge in [-0.15, -0.1) is 0 Å². The Morgan fingerprint density at radius 2 is 2.15 bits per heavy atom. The van der Waals surface area contributed by atoms with Gasteiger partial charge in [0.2, 0.25) is 15.9 Å². The third-order valence-electron chi connectivity index (χ3n) is 4.44. The molecule has 0 spiro atoms. The highest BCUT2D eigenvalue weighted by molar-refractivity contribution is 7.89. The number of nitrogens with one attached hydrogen (secondary N) is 1. The second kappa shape index (κ2) is 7.65. The van der Waals surface area contributed by atoms with E-state index in [0.29, 0.717) is 31.7 Å². The van der Waals surface area contributed by atoms with Gasteiger partial charge in [0.25, 0.3) is 0 Å². The van der Waals surface area contributed by atoms with Crippen LogP contribution in [0, 0.1) is 5.82 Å². The molecule has 1 unspecified atom stereocenters. The fraction of sp³-hybridized carbons (Fsp3) is 0.412. The summed E-state index contributed by atoms with van der Waals surface area (Å²) >= 11 is 0. The average Bonchev–Trinajstić information content (AvgIpc) is 3.11. The first-order valence-electron chi connectivity index (χ1n) is 8.56. The molecule has 3 rings (SSSR count). The smallest absolute Gasteiger partial charge is 0.246 e. The third-order valence-corrected chi connectivity index (χ3v) is 5.91. The molecule has 27 heavy (non-hydrogen) atoms. The number of carbonyl (C=O) groups is 1. The summed E-state index contributed by atoms with van der Waals surface area (Å²) in [5, 5.41) is 4.15. The van der Waals surface area contributed by atoms with Crippen LogP contribution >= 0.6 is 0 Å². The first-order valence-corrected chi connectivity index (χ1v) is 10.0. The number of aromatic nitrogens is 2. The van der Waals surface area contributed by atoms with E-state index >= 15 is 0 Å². The van der Waals surface area contributed by atoms with Crippen LogP contribution < -0.4 is 14.4 Å². The zero-order valence-corrected chi connectivity index (χ0v) is 15.9. The molecule has 146 valence electrons. The van der Waals surface area contributed by atoms with E-state index in [1.54, 1.807) is 16.9 Å². The molecule has 8 nitrogen and oxygen atoms in total.